The Kier molecular flexibility index (Phi) is 3.89. The lowest BCUT2D eigenvalue weighted by Crippen LogP contribution is -2.23. The van der Waals surface area contributed by atoms with Crippen LogP contribution in [-0.4, -0.2) is 17.5 Å². The second kappa shape index (κ2) is 4.99. The molecule has 0 heterocycles. The van der Waals surface area contributed by atoms with Gasteiger partial charge in [-0.2, -0.15) is 0 Å². The first-order valence-corrected chi connectivity index (χ1v) is 5.13. The Morgan fingerprint density at radius 3 is 1.76 bits per heavy atom. The second-order valence-corrected chi connectivity index (χ2v) is 4.51. The fourth-order valence-electron chi connectivity index (χ4n) is 1.16. The predicted molar refractivity (Wildman–Crippen MR) is 62.4 cm³/mol. The summed E-state index contributed by atoms with van der Waals surface area (Å²) in [5, 5.41) is 0. The van der Waals surface area contributed by atoms with Gasteiger partial charge in [0, 0.05) is 0 Å². The first kappa shape index (κ1) is 13.2. The van der Waals surface area contributed by atoms with Crippen molar-refractivity contribution in [2.24, 2.45) is 0 Å². The lowest BCUT2D eigenvalue weighted by atomic mass is 10.1. The van der Waals surface area contributed by atoms with Crippen molar-refractivity contribution in [3.63, 3.8) is 0 Å². The van der Waals surface area contributed by atoms with Crippen LogP contribution in [0.1, 0.15) is 41.5 Å². The number of ether oxygens (including phenoxy) is 2. The molecule has 4 heteroatoms. The van der Waals surface area contributed by atoms with E-state index in [0.29, 0.717) is 11.1 Å². The molecule has 0 aromatic heterocycles. The van der Waals surface area contributed by atoms with Crippen molar-refractivity contribution >= 4 is 11.9 Å². The van der Waals surface area contributed by atoms with E-state index >= 15 is 0 Å². The normalized spacial score (nSPS) is 10.8. The molecule has 4 nitrogen and oxygen atoms in total. The van der Waals surface area contributed by atoms with Crippen LogP contribution in [0.2, 0.25) is 0 Å². The Labute approximate surface area is 101 Å². The molecule has 0 aliphatic carbocycles. The van der Waals surface area contributed by atoms with Gasteiger partial charge in [-0.05, 0) is 45.0 Å². The number of carbonyl (C=O) groups excluding carboxylic acids is 2. The molecule has 0 aliphatic rings. The van der Waals surface area contributed by atoms with E-state index in [1.165, 1.54) is 24.3 Å². The third kappa shape index (κ3) is 3.90. The SMILES string of the molecule is [CH2]OC(=O)c1ccc(C(=O)OC(C)(C)C)cc1. The van der Waals surface area contributed by atoms with Gasteiger partial charge in [0.05, 0.1) is 11.1 Å². The summed E-state index contributed by atoms with van der Waals surface area (Å²) in [7, 11) is 3.03. The Morgan fingerprint density at radius 1 is 1.00 bits per heavy atom. The summed E-state index contributed by atoms with van der Waals surface area (Å²) in [5.41, 5.74) is 0.190. The van der Waals surface area contributed by atoms with Crippen LogP contribution in [0.4, 0.5) is 0 Å². The van der Waals surface area contributed by atoms with Gasteiger partial charge in [-0.3, -0.25) is 0 Å². The number of rotatable bonds is 2. The zero-order valence-corrected chi connectivity index (χ0v) is 10.1. The fourth-order valence-corrected chi connectivity index (χ4v) is 1.16. The number of hydrogen-bond acceptors (Lipinski definition) is 4. The van der Waals surface area contributed by atoms with Crippen molar-refractivity contribution in [1.29, 1.82) is 0 Å². The van der Waals surface area contributed by atoms with Crippen LogP contribution >= 0.6 is 0 Å². The Balaban J connectivity index is 2.81. The summed E-state index contributed by atoms with van der Waals surface area (Å²) in [6.45, 7) is 5.37. The third-order valence-electron chi connectivity index (χ3n) is 1.89. The monoisotopic (exact) mass is 235 g/mol. The minimum Gasteiger partial charge on any atom is -0.458 e. The zero-order valence-electron chi connectivity index (χ0n) is 10.1. The molecule has 0 saturated heterocycles. The molecule has 0 spiro atoms. The van der Waals surface area contributed by atoms with Crippen molar-refractivity contribution in [3.05, 3.63) is 42.5 Å². The van der Waals surface area contributed by atoms with Crippen molar-refractivity contribution in [1.82, 2.24) is 0 Å². The van der Waals surface area contributed by atoms with Crippen LogP contribution in [0, 0.1) is 7.11 Å². The van der Waals surface area contributed by atoms with Gasteiger partial charge in [0.1, 0.15) is 12.7 Å². The molecule has 0 N–H and O–H groups in total. The highest BCUT2D eigenvalue weighted by molar-refractivity contribution is 5.93. The van der Waals surface area contributed by atoms with Gasteiger partial charge >= 0.3 is 11.9 Å². The highest BCUT2D eigenvalue weighted by atomic mass is 16.6. The molecular weight excluding hydrogens is 220 g/mol. The second-order valence-electron chi connectivity index (χ2n) is 4.51. The largest absolute Gasteiger partial charge is 0.458 e. The topological polar surface area (TPSA) is 52.6 Å². The van der Waals surface area contributed by atoms with Crippen molar-refractivity contribution in [3.8, 4) is 0 Å². The summed E-state index contributed by atoms with van der Waals surface area (Å²) in [5.74, 6) is -0.965. The molecule has 0 atom stereocenters. The smallest absolute Gasteiger partial charge is 0.338 e. The molecule has 17 heavy (non-hydrogen) atoms. The number of carbonyl (C=O) groups is 2. The van der Waals surface area contributed by atoms with Crippen LogP contribution in [-0.2, 0) is 9.47 Å². The van der Waals surface area contributed by atoms with Gasteiger partial charge in [0.25, 0.3) is 0 Å². The van der Waals surface area contributed by atoms with Gasteiger partial charge in [-0.15, -0.1) is 0 Å². The van der Waals surface area contributed by atoms with Gasteiger partial charge in [0.15, 0.2) is 0 Å². The van der Waals surface area contributed by atoms with Gasteiger partial charge in [-0.25, -0.2) is 9.59 Å². The highest BCUT2D eigenvalue weighted by Crippen LogP contribution is 2.13. The van der Waals surface area contributed by atoms with Crippen LogP contribution in [0.3, 0.4) is 0 Å². The molecular formula is C13H15O4. The van der Waals surface area contributed by atoms with Crippen molar-refractivity contribution < 1.29 is 19.1 Å². The van der Waals surface area contributed by atoms with Crippen LogP contribution < -0.4 is 0 Å². The number of hydrogen-bond donors (Lipinski definition) is 0. The Morgan fingerprint density at radius 2 is 1.41 bits per heavy atom. The molecule has 0 aliphatic heterocycles. The molecule has 91 valence electrons. The molecule has 1 radical (unpaired) electrons. The van der Waals surface area contributed by atoms with Gasteiger partial charge in [-0.1, -0.05) is 0 Å². The van der Waals surface area contributed by atoms with Crippen LogP contribution in [0.25, 0.3) is 0 Å². The molecule has 1 aromatic carbocycles. The molecule has 0 saturated carbocycles. The average molecular weight is 235 g/mol. The summed E-state index contributed by atoms with van der Waals surface area (Å²) in [6, 6.07) is 6.01. The van der Waals surface area contributed by atoms with Crippen LogP contribution in [0.15, 0.2) is 24.3 Å². The Hall–Kier alpha value is -1.84. The van der Waals surface area contributed by atoms with E-state index in [4.69, 9.17) is 4.74 Å². The Bertz CT molecular complexity index is 412. The third-order valence-corrected chi connectivity index (χ3v) is 1.89. The molecule has 1 rings (SSSR count). The molecule has 1 aromatic rings. The maximum atomic E-state index is 11.7. The lowest BCUT2D eigenvalue weighted by Gasteiger charge is -2.19. The van der Waals surface area contributed by atoms with E-state index in [0.717, 1.165) is 0 Å². The van der Waals surface area contributed by atoms with E-state index in [9.17, 15) is 9.59 Å². The number of esters is 2. The van der Waals surface area contributed by atoms with E-state index < -0.39 is 17.5 Å². The lowest BCUT2D eigenvalue weighted by molar-refractivity contribution is 0.00691. The van der Waals surface area contributed by atoms with E-state index in [1.54, 1.807) is 20.8 Å². The van der Waals surface area contributed by atoms with E-state index in [1.807, 2.05) is 0 Å². The summed E-state index contributed by atoms with van der Waals surface area (Å²) in [6.07, 6.45) is 0. The first-order valence-electron chi connectivity index (χ1n) is 5.13. The van der Waals surface area contributed by atoms with Gasteiger partial charge < -0.3 is 9.47 Å². The first-order chi connectivity index (χ1) is 7.83. The minimum absolute atomic E-state index is 0.340. The summed E-state index contributed by atoms with van der Waals surface area (Å²) >= 11 is 0. The maximum Gasteiger partial charge on any atom is 0.338 e. The molecule has 0 amide bonds. The van der Waals surface area contributed by atoms with Gasteiger partial charge in [0.2, 0.25) is 0 Å². The maximum absolute atomic E-state index is 11.7. The number of benzene rings is 1. The standard InChI is InChI=1S/C13H15O4/c1-13(2,3)17-12(15)10-7-5-9(6-8-10)11(14)16-4/h5-8H,4H2,1-3H3. The van der Waals surface area contributed by atoms with Crippen molar-refractivity contribution in [2.75, 3.05) is 0 Å². The molecule has 0 bridgehead atoms. The molecule has 0 fully saturated rings. The summed E-state index contributed by atoms with van der Waals surface area (Å²) < 4.78 is 9.50. The quantitative estimate of drug-likeness (QED) is 0.739. The van der Waals surface area contributed by atoms with Crippen LogP contribution in [0.5, 0.6) is 0 Å². The van der Waals surface area contributed by atoms with Crippen molar-refractivity contribution in [2.45, 2.75) is 26.4 Å². The summed E-state index contributed by atoms with van der Waals surface area (Å²) in [4.78, 5) is 22.8. The van der Waals surface area contributed by atoms with E-state index in [-0.39, 0.29) is 0 Å². The van der Waals surface area contributed by atoms with E-state index in [2.05, 4.69) is 11.8 Å². The molecule has 0 unspecified atom stereocenters. The fraction of sp³-hybridized carbons (Fsp3) is 0.308. The minimum atomic E-state index is -0.541. The zero-order chi connectivity index (χ0) is 13.1. The predicted octanol–water partition coefficient (Wildman–Crippen LogP) is 2.59. The highest BCUT2D eigenvalue weighted by Gasteiger charge is 2.18. The average Bonchev–Trinajstić information content (AvgIpc) is 2.26.